The van der Waals surface area contributed by atoms with Crippen LogP contribution in [0.4, 0.5) is 4.79 Å². The van der Waals surface area contributed by atoms with E-state index in [-0.39, 0.29) is 5.56 Å². The van der Waals surface area contributed by atoms with E-state index in [1.807, 2.05) is 25.1 Å². The number of carbonyl (C=O) groups is 1. The van der Waals surface area contributed by atoms with Gasteiger partial charge in [0.1, 0.15) is 5.75 Å². The molecule has 0 fully saturated rings. The standard InChI is InChI=1S/C21H19NO3/c1-14-7-4-5-9-18(14)19-11-10-17(13-16(19)3)25-21(24)22-12-6-8-15(2)20(22)23/h4-13H,1-3H3. The van der Waals surface area contributed by atoms with Gasteiger partial charge in [0.25, 0.3) is 5.56 Å². The van der Waals surface area contributed by atoms with Crippen LogP contribution in [0.2, 0.25) is 0 Å². The Hall–Kier alpha value is -3.14. The van der Waals surface area contributed by atoms with Crippen molar-refractivity contribution in [3.05, 3.63) is 87.8 Å². The van der Waals surface area contributed by atoms with Gasteiger partial charge in [-0.25, -0.2) is 9.36 Å². The molecule has 4 heteroatoms. The minimum Gasteiger partial charge on any atom is -0.410 e. The Bertz CT molecular complexity index is 1000. The number of ether oxygens (including phenoxy) is 1. The van der Waals surface area contributed by atoms with Gasteiger partial charge in [0.2, 0.25) is 0 Å². The maximum absolute atomic E-state index is 12.2. The van der Waals surface area contributed by atoms with Gasteiger partial charge in [0, 0.05) is 11.8 Å². The van der Waals surface area contributed by atoms with E-state index >= 15 is 0 Å². The van der Waals surface area contributed by atoms with Crippen molar-refractivity contribution in [2.75, 3.05) is 0 Å². The third-order valence-corrected chi connectivity index (χ3v) is 4.17. The van der Waals surface area contributed by atoms with Crippen LogP contribution in [-0.2, 0) is 0 Å². The van der Waals surface area contributed by atoms with Crippen molar-refractivity contribution in [1.29, 1.82) is 0 Å². The fraction of sp³-hybridized carbons (Fsp3) is 0.143. The minimum absolute atomic E-state index is 0.374. The Balaban J connectivity index is 1.89. The second-order valence-corrected chi connectivity index (χ2v) is 6.03. The normalized spacial score (nSPS) is 10.5. The van der Waals surface area contributed by atoms with Gasteiger partial charge in [0.05, 0.1) is 0 Å². The molecule has 3 aromatic rings. The topological polar surface area (TPSA) is 48.3 Å². The number of nitrogens with zero attached hydrogens (tertiary/aromatic N) is 1. The summed E-state index contributed by atoms with van der Waals surface area (Å²) in [7, 11) is 0. The van der Waals surface area contributed by atoms with Gasteiger partial charge in [-0.05, 0) is 61.2 Å². The summed E-state index contributed by atoms with van der Waals surface area (Å²) in [5.74, 6) is 0.410. The Morgan fingerprint density at radius 2 is 1.52 bits per heavy atom. The number of pyridine rings is 1. The van der Waals surface area contributed by atoms with E-state index in [2.05, 4.69) is 19.1 Å². The van der Waals surface area contributed by atoms with Crippen molar-refractivity contribution in [2.45, 2.75) is 20.8 Å². The molecule has 0 saturated carbocycles. The molecule has 0 N–H and O–H groups in total. The summed E-state index contributed by atoms with van der Waals surface area (Å²) in [5, 5.41) is 0. The van der Waals surface area contributed by atoms with Crippen molar-refractivity contribution < 1.29 is 9.53 Å². The molecule has 0 aliphatic rings. The van der Waals surface area contributed by atoms with Crippen LogP contribution in [0.1, 0.15) is 16.7 Å². The van der Waals surface area contributed by atoms with Crippen LogP contribution in [0, 0.1) is 20.8 Å². The Morgan fingerprint density at radius 3 is 2.24 bits per heavy atom. The number of hydrogen-bond acceptors (Lipinski definition) is 3. The predicted octanol–water partition coefficient (Wildman–Crippen LogP) is 4.49. The molecule has 1 heterocycles. The van der Waals surface area contributed by atoms with Gasteiger partial charge >= 0.3 is 6.09 Å². The van der Waals surface area contributed by atoms with Crippen molar-refractivity contribution in [3.63, 3.8) is 0 Å². The zero-order valence-corrected chi connectivity index (χ0v) is 14.4. The summed E-state index contributed by atoms with van der Waals surface area (Å²) >= 11 is 0. The molecule has 0 bridgehead atoms. The molecular formula is C21H19NO3. The lowest BCUT2D eigenvalue weighted by molar-refractivity contribution is 0.201. The lowest BCUT2D eigenvalue weighted by atomic mass is 9.97. The number of rotatable bonds is 2. The SMILES string of the molecule is Cc1ccccc1-c1ccc(OC(=O)n2cccc(C)c2=O)cc1C. The quantitative estimate of drug-likeness (QED) is 0.694. The number of benzene rings is 2. The highest BCUT2D eigenvalue weighted by atomic mass is 16.6. The van der Waals surface area contributed by atoms with Crippen molar-refractivity contribution >= 4 is 6.09 Å². The van der Waals surface area contributed by atoms with E-state index < -0.39 is 6.09 Å². The average molecular weight is 333 g/mol. The van der Waals surface area contributed by atoms with E-state index in [0.29, 0.717) is 11.3 Å². The fourth-order valence-electron chi connectivity index (χ4n) is 2.77. The maximum Gasteiger partial charge on any atom is 0.426 e. The smallest absolute Gasteiger partial charge is 0.410 e. The first kappa shape index (κ1) is 16.7. The van der Waals surface area contributed by atoms with E-state index in [0.717, 1.165) is 21.3 Å². The molecule has 0 amide bonds. The number of carbonyl (C=O) groups excluding carboxylic acids is 1. The third kappa shape index (κ3) is 3.38. The molecule has 0 radical (unpaired) electrons. The molecule has 0 spiro atoms. The van der Waals surface area contributed by atoms with Gasteiger partial charge in [-0.3, -0.25) is 4.79 Å². The second kappa shape index (κ2) is 6.77. The first-order valence-corrected chi connectivity index (χ1v) is 8.04. The molecular weight excluding hydrogens is 314 g/mol. The Labute approximate surface area is 146 Å². The van der Waals surface area contributed by atoms with E-state index in [4.69, 9.17) is 4.74 Å². The van der Waals surface area contributed by atoms with E-state index in [1.54, 1.807) is 31.2 Å². The summed E-state index contributed by atoms with van der Waals surface area (Å²) in [4.78, 5) is 24.3. The van der Waals surface area contributed by atoms with Gasteiger partial charge in [-0.2, -0.15) is 0 Å². The highest BCUT2D eigenvalue weighted by Crippen LogP contribution is 2.29. The Morgan fingerprint density at radius 1 is 0.840 bits per heavy atom. The number of aryl methyl sites for hydroxylation is 3. The average Bonchev–Trinajstić information content (AvgIpc) is 2.58. The van der Waals surface area contributed by atoms with Crippen LogP contribution in [-0.4, -0.2) is 10.7 Å². The second-order valence-electron chi connectivity index (χ2n) is 6.03. The largest absolute Gasteiger partial charge is 0.426 e. The highest BCUT2D eigenvalue weighted by molar-refractivity contribution is 5.75. The van der Waals surface area contributed by atoms with Crippen LogP contribution >= 0.6 is 0 Å². The first-order valence-electron chi connectivity index (χ1n) is 8.04. The minimum atomic E-state index is -0.711. The monoisotopic (exact) mass is 333 g/mol. The summed E-state index contributed by atoms with van der Waals surface area (Å²) in [6.07, 6.45) is 0.698. The maximum atomic E-state index is 12.2. The van der Waals surface area contributed by atoms with Crippen LogP contribution in [0.25, 0.3) is 11.1 Å². The van der Waals surface area contributed by atoms with Crippen LogP contribution in [0.3, 0.4) is 0 Å². The van der Waals surface area contributed by atoms with Crippen LogP contribution < -0.4 is 10.3 Å². The van der Waals surface area contributed by atoms with E-state index in [9.17, 15) is 9.59 Å². The lowest BCUT2D eigenvalue weighted by Gasteiger charge is -2.12. The lowest BCUT2D eigenvalue weighted by Crippen LogP contribution is -2.30. The molecule has 25 heavy (non-hydrogen) atoms. The predicted molar refractivity (Wildman–Crippen MR) is 98.2 cm³/mol. The van der Waals surface area contributed by atoms with Gasteiger partial charge in [0.15, 0.2) is 0 Å². The molecule has 126 valence electrons. The summed E-state index contributed by atoms with van der Waals surface area (Å²) < 4.78 is 6.33. The molecule has 0 aliphatic carbocycles. The van der Waals surface area contributed by atoms with Crippen LogP contribution in [0.5, 0.6) is 5.75 Å². The van der Waals surface area contributed by atoms with E-state index in [1.165, 1.54) is 11.8 Å². The van der Waals surface area contributed by atoms with Crippen molar-refractivity contribution in [2.24, 2.45) is 0 Å². The van der Waals surface area contributed by atoms with Gasteiger partial charge in [-0.15, -0.1) is 0 Å². The summed E-state index contributed by atoms with van der Waals surface area (Å²) in [6.45, 7) is 5.69. The molecule has 0 saturated heterocycles. The molecule has 0 atom stereocenters. The van der Waals surface area contributed by atoms with Gasteiger partial charge in [-0.1, -0.05) is 36.4 Å². The molecule has 1 aromatic heterocycles. The highest BCUT2D eigenvalue weighted by Gasteiger charge is 2.12. The Kier molecular flexibility index (Phi) is 4.52. The molecule has 0 aliphatic heterocycles. The molecule has 2 aromatic carbocycles. The number of hydrogen-bond donors (Lipinski definition) is 0. The molecule has 3 rings (SSSR count). The van der Waals surface area contributed by atoms with Gasteiger partial charge < -0.3 is 4.74 Å². The van der Waals surface area contributed by atoms with Crippen molar-refractivity contribution in [3.8, 4) is 16.9 Å². The molecule has 0 unspecified atom stereocenters. The zero-order chi connectivity index (χ0) is 18.0. The molecule has 4 nitrogen and oxygen atoms in total. The third-order valence-electron chi connectivity index (χ3n) is 4.17. The van der Waals surface area contributed by atoms with Crippen LogP contribution in [0.15, 0.2) is 65.6 Å². The fourth-order valence-corrected chi connectivity index (χ4v) is 2.77. The zero-order valence-electron chi connectivity index (χ0n) is 14.4. The summed E-state index contributed by atoms with van der Waals surface area (Å²) in [5.41, 5.74) is 4.53. The number of aromatic nitrogens is 1. The van der Waals surface area contributed by atoms with Crippen molar-refractivity contribution in [1.82, 2.24) is 4.57 Å². The first-order chi connectivity index (χ1) is 12.0. The summed E-state index contributed by atoms with van der Waals surface area (Å²) in [6, 6.07) is 16.9.